The lowest BCUT2D eigenvalue weighted by Gasteiger charge is -2.34. The Hall–Kier alpha value is -1.98. The fourth-order valence-corrected chi connectivity index (χ4v) is 3.16. The predicted octanol–water partition coefficient (Wildman–Crippen LogP) is 3.17. The SMILES string of the molecule is CCOC(=O)C(CC)(CC)C(=O)N1N=CCC1C1=CCC(F)C=C1. The molecule has 2 atom stereocenters. The molecule has 132 valence electrons. The highest BCUT2D eigenvalue weighted by atomic mass is 19.1. The molecule has 0 N–H and O–H groups in total. The number of allylic oxidation sites excluding steroid dienone is 2. The molecule has 1 aliphatic heterocycles. The van der Waals surface area contributed by atoms with E-state index in [9.17, 15) is 14.0 Å². The monoisotopic (exact) mass is 336 g/mol. The average molecular weight is 336 g/mol. The van der Waals surface area contributed by atoms with Crippen molar-refractivity contribution in [2.24, 2.45) is 10.5 Å². The second-order valence-corrected chi connectivity index (χ2v) is 6.02. The van der Waals surface area contributed by atoms with Crippen LogP contribution < -0.4 is 0 Å². The van der Waals surface area contributed by atoms with Crippen LogP contribution in [0.25, 0.3) is 0 Å². The average Bonchev–Trinajstić information content (AvgIpc) is 3.07. The summed E-state index contributed by atoms with van der Waals surface area (Å²) in [5.41, 5.74) is -0.364. The summed E-state index contributed by atoms with van der Waals surface area (Å²) < 4.78 is 18.4. The Labute approximate surface area is 142 Å². The molecule has 5 nitrogen and oxygen atoms in total. The van der Waals surface area contributed by atoms with Crippen molar-refractivity contribution in [3.63, 3.8) is 0 Å². The van der Waals surface area contributed by atoms with Crippen molar-refractivity contribution in [3.05, 3.63) is 23.8 Å². The highest BCUT2D eigenvalue weighted by molar-refractivity contribution is 6.03. The first kappa shape index (κ1) is 18.4. The number of carbonyl (C=O) groups excluding carboxylic acids is 2. The molecule has 1 amide bonds. The Kier molecular flexibility index (Phi) is 5.91. The third kappa shape index (κ3) is 3.28. The number of amides is 1. The first-order valence-electron chi connectivity index (χ1n) is 8.55. The molecule has 0 fully saturated rings. The van der Waals surface area contributed by atoms with Crippen molar-refractivity contribution in [2.45, 2.75) is 58.7 Å². The van der Waals surface area contributed by atoms with Crippen LogP contribution >= 0.6 is 0 Å². The zero-order chi connectivity index (χ0) is 17.7. The molecule has 2 aliphatic rings. The number of carbonyl (C=O) groups is 2. The predicted molar refractivity (Wildman–Crippen MR) is 90.1 cm³/mol. The van der Waals surface area contributed by atoms with E-state index in [2.05, 4.69) is 5.10 Å². The van der Waals surface area contributed by atoms with Crippen molar-refractivity contribution < 1.29 is 18.7 Å². The second kappa shape index (κ2) is 7.73. The third-order valence-corrected chi connectivity index (χ3v) is 4.78. The molecule has 6 heteroatoms. The third-order valence-electron chi connectivity index (χ3n) is 4.78. The van der Waals surface area contributed by atoms with Gasteiger partial charge in [-0.05, 0) is 25.3 Å². The Balaban J connectivity index is 2.27. The van der Waals surface area contributed by atoms with E-state index >= 15 is 0 Å². The molecule has 0 aromatic carbocycles. The maximum absolute atomic E-state index is 13.3. The minimum absolute atomic E-state index is 0.229. The fraction of sp³-hybridized carbons (Fsp3) is 0.611. The maximum atomic E-state index is 13.3. The molecular formula is C18H25FN2O3. The lowest BCUT2D eigenvalue weighted by molar-refractivity contribution is -0.166. The van der Waals surface area contributed by atoms with Gasteiger partial charge < -0.3 is 4.74 Å². The number of esters is 1. The zero-order valence-corrected chi connectivity index (χ0v) is 14.5. The molecule has 0 aromatic heterocycles. The fourth-order valence-electron chi connectivity index (χ4n) is 3.16. The van der Waals surface area contributed by atoms with Crippen LogP contribution in [0.2, 0.25) is 0 Å². The van der Waals surface area contributed by atoms with Crippen LogP contribution in [0.15, 0.2) is 28.9 Å². The van der Waals surface area contributed by atoms with Gasteiger partial charge in [0, 0.05) is 19.1 Å². The van der Waals surface area contributed by atoms with E-state index in [1.54, 1.807) is 39.1 Å². The minimum Gasteiger partial charge on any atom is -0.465 e. The number of hydrogen-bond donors (Lipinski definition) is 0. The van der Waals surface area contributed by atoms with Gasteiger partial charge in [-0.15, -0.1) is 0 Å². The highest BCUT2D eigenvalue weighted by Crippen LogP contribution is 2.35. The Morgan fingerprint density at radius 2 is 2.04 bits per heavy atom. The summed E-state index contributed by atoms with van der Waals surface area (Å²) in [7, 11) is 0. The lowest BCUT2D eigenvalue weighted by atomic mass is 9.80. The van der Waals surface area contributed by atoms with Crippen molar-refractivity contribution in [2.75, 3.05) is 6.61 Å². The van der Waals surface area contributed by atoms with Crippen molar-refractivity contribution in [1.82, 2.24) is 5.01 Å². The van der Waals surface area contributed by atoms with Gasteiger partial charge in [-0.25, -0.2) is 9.40 Å². The number of halogens is 1. The van der Waals surface area contributed by atoms with E-state index in [1.165, 1.54) is 11.1 Å². The van der Waals surface area contributed by atoms with Gasteiger partial charge in [0.1, 0.15) is 11.6 Å². The second-order valence-electron chi connectivity index (χ2n) is 6.02. The van der Waals surface area contributed by atoms with Gasteiger partial charge in [0.2, 0.25) is 0 Å². The molecule has 1 aliphatic carbocycles. The van der Waals surface area contributed by atoms with E-state index in [0.29, 0.717) is 25.7 Å². The highest BCUT2D eigenvalue weighted by Gasteiger charge is 2.49. The van der Waals surface area contributed by atoms with E-state index in [0.717, 1.165) is 5.57 Å². The number of nitrogens with zero attached hydrogens (tertiary/aromatic N) is 2. The molecule has 0 radical (unpaired) electrons. The number of hydrogen-bond acceptors (Lipinski definition) is 4. The molecule has 2 unspecified atom stereocenters. The quantitative estimate of drug-likeness (QED) is 0.553. The summed E-state index contributed by atoms with van der Waals surface area (Å²) in [5.74, 6) is -0.848. The molecule has 0 saturated heterocycles. The van der Waals surface area contributed by atoms with Crippen molar-refractivity contribution in [3.8, 4) is 0 Å². The molecule has 0 spiro atoms. The van der Waals surface area contributed by atoms with Crippen LogP contribution in [0.3, 0.4) is 0 Å². The standard InChI is InChI=1S/C18H25FN2O3/c1-4-18(5-2,17(23)24-6-3)16(22)21-15(11-12-20-21)13-7-9-14(19)10-8-13/h7-9,12,14-15H,4-6,10-11H2,1-3H3. The summed E-state index contributed by atoms with van der Waals surface area (Å²) in [6.07, 6.45) is 7.24. The van der Waals surface area contributed by atoms with Crippen molar-refractivity contribution in [1.29, 1.82) is 0 Å². The Morgan fingerprint density at radius 3 is 2.58 bits per heavy atom. The summed E-state index contributed by atoms with van der Waals surface area (Å²) in [6.45, 7) is 5.56. The van der Waals surface area contributed by atoms with E-state index in [-0.39, 0.29) is 18.6 Å². The van der Waals surface area contributed by atoms with Crippen LogP contribution in [0.1, 0.15) is 46.5 Å². The summed E-state index contributed by atoms with van der Waals surface area (Å²) in [5, 5.41) is 5.57. The molecule has 1 heterocycles. The van der Waals surface area contributed by atoms with Gasteiger partial charge in [0.15, 0.2) is 0 Å². The first-order chi connectivity index (χ1) is 11.5. The summed E-state index contributed by atoms with van der Waals surface area (Å²) >= 11 is 0. The van der Waals surface area contributed by atoms with Crippen molar-refractivity contribution >= 4 is 18.1 Å². The molecule has 0 saturated carbocycles. The lowest BCUT2D eigenvalue weighted by Crippen LogP contribution is -2.49. The topological polar surface area (TPSA) is 59.0 Å². The molecular weight excluding hydrogens is 311 g/mol. The summed E-state index contributed by atoms with van der Waals surface area (Å²) in [6, 6.07) is -0.284. The van der Waals surface area contributed by atoms with E-state index in [1.807, 2.05) is 0 Å². The van der Waals surface area contributed by atoms with Crippen LogP contribution in [0, 0.1) is 5.41 Å². The van der Waals surface area contributed by atoms with Crippen LogP contribution in [0.5, 0.6) is 0 Å². The number of alkyl halides is 1. The van der Waals surface area contributed by atoms with Gasteiger partial charge >= 0.3 is 5.97 Å². The molecule has 2 rings (SSSR count). The smallest absolute Gasteiger partial charge is 0.321 e. The molecule has 0 aromatic rings. The molecule has 24 heavy (non-hydrogen) atoms. The van der Waals surface area contributed by atoms with Crippen LogP contribution in [0.4, 0.5) is 4.39 Å². The normalized spacial score (nSPS) is 23.3. The molecule has 0 bridgehead atoms. The Bertz CT molecular complexity index is 579. The largest absolute Gasteiger partial charge is 0.465 e. The maximum Gasteiger partial charge on any atom is 0.321 e. The van der Waals surface area contributed by atoms with E-state index < -0.39 is 17.6 Å². The van der Waals surface area contributed by atoms with Gasteiger partial charge in [0.25, 0.3) is 5.91 Å². The number of ether oxygens (including phenoxy) is 1. The van der Waals surface area contributed by atoms with Gasteiger partial charge in [-0.2, -0.15) is 5.10 Å². The minimum atomic E-state index is -1.22. The van der Waals surface area contributed by atoms with E-state index in [4.69, 9.17) is 4.74 Å². The van der Waals surface area contributed by atoms with Crippen LogP contribution in [-0.4, -0.2) is 41.9 Å². The van der Waals surface area contributed by atoms with Gasteiger partial charge in [-0.1, -0.05) is 32.1 Å². The summed E-state index contributed by atoms with van der Waals surface area (Å²) in [4.78, 5) is 25.6. The van der Waals surface area contributed by atoms with Crippen LogP contribution in [-0.2, 0) is 14.3 Å². The number of rotatable bonds is 6. The first-order valence-corrected chi connectivity index (χ1v) is 8.55. The van der Waals surface area contributed by atoms with Gasteiger partial charge in [0.05, 0.1) is 12.6 Å². The number of hydrazone groups is 1. The van der Waals surface area contributed by atoms with Gasteiger partial charge in [-0.3, -0.25) is 9.59 Å². The Morgan fingerprint density at radius 1 is 1.33 bits per heavy atom. The zero-order valence-electron chi connectivity index (χ0n) is 14.5.